The van der Waals surface area contributed by atoms with Gasteiger partial charge in [-0.2, -0.15) is 5.10 Å². The first-order valence-corrected chi connectivity index (χ1v) is 7.73. The van der Waals surface area contributed by atoms with Gasteiger partial charge < -0.3 is 10.1 Å². The highest BCUT2D eigenvalue weighted by molar-refractivity contribution is 7.99. The molecule has 0 aliphatic rings. The Morgan fingerprint density at radius 3 is 2.76 bits per heavy atom. The molecule has 0 atom stereocenters. The number of nitrogens with zero attached hydrogens (tertiary/aromatic N) is 4. The summed E-state index contributed by atoms with van der Waals surface area (Å²) in [5.41, 5.74) is 0.996. The molecule has 0 aliphatic heterocycles. The Hall–Kier alpha value is -1.60. The average molecular weight is 307 g/mol. The van der Waals surface area contributed by atoms with Crippen molar-refractivity contribution in [3.05, 3.63) is 23.7 Å². The fourth-order valence-electron chi connectivity index (χ4n) is 1.85. The highest BCUT2D eigenvalue weighted by atomic mass is 32.2. The van der Waals surface area contributed by atoms with Gasteiger partial charge in [0.25, 0.3) is 0 Å². The van der Waals surface area contributed by atoms with Crippen LogP contribution in [0.5, 0.6) is 0 Å². The number of aryl methyl sites for hydroxylation is 2. The van der Waals surface area contributed by atoms with Crippen molar-refractivity contribution in [3.63, 3.8) is 0 Å². The standard InChI is InChI=1S/C14H21N5OS/c1-5-6-15-11-8-13(17-12(16-11)9-20-4)21-14-7-10(2)18-19(14)3/h7-8H,5-6,9H2,1-4H3,(H,15,16,17). The van der Waals surface area contributed by atoms with E-state index in [1.54, 1.807) is 18.9 Å². The maximum Gasteiger partial charge on any atom is 0.157 e. The number of methoxy groups -OCH3 is 1. The fourth-order valence-corrected chi connectivity index (χ4v) is 2.79. The zero-order chi connectivity index (χ0) is 15.2. The topological polar surface area (TPSA) is 64.9 Å². The molecular formula is C14H21N5OS. The van der Waals surface area contributed by atoms with E-state index in [4.69, 9.17) is 4.74 Å². The molecule has 2 rings (SSSR count). The van der Waals surface area contributed by atoms with Crippen molar-refractivity contribution >= 4 is 17.6 Å². The monoisotopic (exact) mass is 307 g/mol. The lowest BCUT2D eigenvalue weighted by molar-refractivity contribution is 0.177. The summed E-state index contributed by atoms with van der Waals surface area (Å²) in [7, 11) is 3.58. The Kier molecular flexibility index (Phi) is 5.58. The van der Waals surface area contributed by atoms with Crippen LogP contribution in [0.3, 0.4) is 0 Å². The smallest absolute Gasteiger partial charge is 0.157 e. The Balaban J connectivity index is 2.24. The van der Waals surface area contributed by atoms with Crippen LogP contribution in [-0.2, 0) is 18.4 Å². The van der Waals surface area contributed by atoms with E-state index in [0.29, 0.717) is 12.4 Å². The second-order valence-electron chi connectivity index (χ2n) is 4.72. The van der Waals surface area contributed by atoms with E-state index < -0.39 is 0 Å². The molecule has 2 aromatic rings. The van der Waals surface area contributed by atoms with E-state index in [9.17, 15) is 0 Å². The molecule has 0 amide bonds. The summed E-state index contributed by atoms with van der Waals surface area (Å²) in [5, 5.41) is 9.59. The van der Waals surface area contributed by atoms with Crippen LogP contribution in [0.1, 0.15) is 24.9 Å². The SMILES string of the molecule is CCCNc1cc(Sc2cc(C)nn2C)nc(COC)n1. The summed E-state index contributed by atoms with van der Waals surface area (Å²) in [4.78, 5) is 8.97. The van der Waals surface area contributed by atoms with Crippen LogP contribution in [0.2, 0.25) is 0 Å². The highest BCUT2D eigenvalue weighted by Crippen LogP contribution is 2.27. The molecule has 2 aromatic heterocycles. The minimum Gasteiger partial charge on any atom is -0.377 e. The predicted molar refractivity (Wildman–Crippen MR) is 83.6 cm³/mol. The third-order valence-corrected chi connectivity index (χ3v) is 3.76. The van der Waals surface area contributed by atoms with Gasteiger partial charge in [-0.1, -0.05) is 18.7 Å². The first-order valence-electron chi connectivity index (χ1n) is 6.91. The van der Waals surface area contributed by atoms with Gasteiger partial charge >= 0.3 is 0 Å². The average Bonchev–Trinajstić information content (AvgIpc) is 2.75. The second kappa shape index (κ2) is 7.42. The van der Waals surface area contributed by atoms with E-state index in [-0.39, 0.29) is 0 Å². The molecule has 7 heteroatoms. The quantitative estimate of drug-likeness (QED) is 0.793. The molecule has 1 N–H and O–H groups in total. The molecule has 21 heavy (non-hydrogen) atoms. The number of ether oxygens (including phenoxy) is 1. The van der Waals surface area contributed by atoms with Gasteiger partial charge in [0.2, 0.25) is 0 Å². The number of aromatic nitrogens is 4. The molecule has 0 spiro atoms. The van der Waals surface area contributed by atoms with Gasteiger partial charge in [0.1, 0.15) is 22.5 Å². The lowest BCUT2D eigenvalue weighted by Gasteiger charge is -2.09. The maximum absolute atomic E-state index is 5.14. The van der Waals surface area contributed by atoms with Crippen LogP contribution in [0.4, 0.5) is 5.82 Å². The van der Waals surface area contributed by atoms with Crippen LogP contribution in [-0.4, -0.2) is 33.4 Å². The Morgan fingerprint density at radius 2 is 2.14 bits per heavy atom. The van der Waals surface area contributed by atoms with Crippen molar-refractivity contribution in [1.29, 1.82) is 0 Å². The van der Waals surface area contributed by atoms with E-state index in [0.717, 1.165) is 34.5 Å². The summed E-state index contributed by atoms with van der Waals surface area (Å²) in [5.74, 6) is 1.51. The van der Waals surface area contributed by atoms with E-state index in [2.05, 4.69) is 27.3 Å². The minimum atomic E-state index is 0.402. The molecule has 0 unspecified atom stereocenters. The molecule has 0 saturated heterocycles. The van der Waals surface area contributed by atoms with Crippen molar-refractivity contribution in [3.8, 4) is 0 Å². The first-order chi connectivity index (χ1) is 10.1. The third-order valence-electron chi connectivity index (χ3n) is 2.75. The van der Waals surface area contributed by atoms with E-state index >= 15 is 0 Å². The molecule has 6 nitrogen and oxygen atoms in total. The summed E-state index contributed by atoms with van der Waals surface area (Å²) in [6.07, 6.45) is 1.05. The Bertz CT molecular complexity index is 599. The first kappa shape index (κ1) is 15.8. The molecule has 0 radical (unpaired) electrons. The predicted octanol–water partition coefficient (Wildman–Crippen LogP) is 2.64. The van der Waals surface area contributed by atoms with Crippen molar-refractivity contribution < 1.29 is 4.74 Å². The number of hydrogen-bond donors (Lipinski definition) is 1. The molecule has 0 fully saturated rings. The van der Waals surface area contributed by atoms with E-state index in [1.165, 1.54) is 0 Å². The Morgan fingerprint density at radius 1 is 1.33 bits per heavy atom. The molecule has 0 saturated carbocycles. The normalized spacial score (nSPS) is 10.9. The van der Waals surface area contributed by atoms with Gasteiger partial charge in [0, 0.05) is 26.8 Å². The summed E-state index contributed by atoms with van der Waals surface area (Å²) in [6, 6.07) is 4.00. The van der Waals surface area contributed by atoms with Gasteiger partial charge in [-0.15, -0.1) is 0 Å². The lowest BCUT2D eigenvalue weighted by Crippen LogP contribution is -2.06. The lowest BCUT2D eigenvalue weighted by atomic mass is 10.4. The summed E-state index contributed by atoms with van der Waals surface area (Å²) >= 11 is 1.58. The van der Waals surface area contributed by atoms with Crippen LogP contribution in [0.15, 0.2) is 22.2 Å². The largest absolute Gasteiger partial charge is 0.377 e. The van der Waals surface area contributed by atoms with Crippen LogP contribution in [0, 0.1) is 6.92 Å². The van der Waals surface area contributed by atoms with Gasteiger partial charge in [0.05, 0.1) is 5.69 Å². The zero-order valence-electron chi connectivity index (χ0n) is 12.9. The molecule has 0 aliphatic carbocycles. The van der Waals surface area contributed by atoms with Crippen molar-refractivity contribution in [2.24, 2.45) is 7.05 Å². The van der Waals surface area contributed by atoms with Crippen molar-refractivity contribution in [2.45, 2.75) is 36.9 Å². The number of rotatable bonds is 7. The van der Waals surface area contributed by atoms with Gasteiger partial charge in [0.15, 0.2) is 5.82 Å². The Labute approximate surface area is 129 Å². The van der Waals surface area contributed by atoms with E-state index in [1.807, 2.05) is 30.8 Å². The molecule has 0 bridgehead atoms. The maximum atomic E-state index is 5.14. The second-order valence-corrected chi connectivity index (χ2v) is 5.76. The van der Waals surface area contributed by atoms with Crippen molar-refractivity contribution in [2.75, 3.05) is 19.0 Å². The molecule has 114 valence electrons. The van der Waals surface area contributed by atoms with Crippen LogP contribution < -0.4 is 5.32 Å². The molecule has 0 aromatic carbocycles. The van der Waals surface area contributed by atoms with Crippen LogP contribution in [0.25, 0.3) is 0 Å². The van der Waals surface area contributed by atoms with Gasteiger partial charge in [-0.25, -0.2) is 9.97 Å². The number of hydrogen-bond acceptors (Lipinski definition) is 6. The fraction of sp³-hybridized carbons (Fsp3) is 0.500. The van der Waals surface area contributed by atoms with Gasteiger partial charge in [-0.3, -0.25) is 4.68 Å². The zero-order valence-corrected chi connectivity index (χ0v) is 13.7. The van der Waals surface area contributed by atoms with Crippen molar-refractivity contribution in [1.82, 2.24) is 19.7 Å². The summed E-state index contributed by atoms with van der Waals surface area (Å²) in [6.45, 7) is 5.39. The number of nitrogens with one attached hydrogen (secondary N) is 1. The minimum absolute atomic E-state index is 0.402. The van der Waals surface area contributed by atoms with Gasteiger partial charge in [-0.05, 0) is 19.4 Å². The molecular weight excluding hydrogens is 286 g/mol. The summed E-state index contributed by atoms with van der Waals surface area (Å²) < 4.78 is 7.00. The number of anilines is 1. The highest BCUT2D eigenvalue weighted by Gasteiger charge is 2.09. The molecule has 2 heterocycles. The third kappa shape index (κ3) is 4.44. The van der Waals surface area contributed by atoms with Crippen LogP contribution >= 0.6 is 11.8 Å².